The van der Waals surface area contributed by atoms with Gasteiger partial charge >= 0.3 is 0 Å². The van der Waals surface area contributed by atoms with E-state index in [9.17, 15) is 0 Å². The zero-order chi connectivity index (χ0) is 12.8. The number of benzene rings is 1. The van der Waals surface area contributed by atoms with Gasteiger partial charge in [-0.05, 0) is 18.1 Å². The van der Waals surface area contributed by atoms with Crippen LogP contribution in [-0.4, -0.2) is 16.1 Å². The van der Waals surface area contributed by atoms with Crippen LogP contribution in [0, 0.1) is 0 Å². The van der Waals surface area contributed by atoms with Gasteiger partial charge in [-0.1, -0.05) is 24.3 Å². The summed E-state index contributed by atoms with van der Waals surface area (Å²) in [6.45, 7) is 1.82. The molecule has 0 aliphatic heterocycles. The van der Waals surface area contributed by atoms with E-state index in [1.54, 1.807) is 0 Å². The summed E-state index contributed by atoms with van der Waals surface area (Å²) < 4.78 is 0. The average Bonchev–Trinajstić information content (AvgIpc) is 2.33. The third-order valence-corrected chi connectivity index (χ3v) is 6.43. The summed E-state index contributed by atoms with van der Waals surface area (Å²) in [5.41, 5.74) is 1.79. The smallest absolute Gasteiger partial charge is 0.104 e. The molecule has 1 aromatic carbocycles. The molecule has 2 rings (SSSR count). The highest BCUT2D eigenvalue weighted by Crippen LogP contribution is 2.54. The zero-order valence-electron chi connectivity index (χ0n) is 9.01. The van der Waals surface area contributed by atoms with Gasteiger partial charge in [-0.25, -0.2) is 0 Å². The molecule has 0 nitrogen and oxygen atoms in total. The van der Waals surface area contributed by atoms with Gasteiger partial charge in [-0.3, -0.25) is 0 Å². The Balaban J connectivity index is 2.65. The molecule has 0 heterocycles. The van der Waals surface area contributed by atoms with Crippen LogP contribution in [0.25, 0.3) is 0 Å². The highest BCUT2D eigenvalue weighted by atomic mass is 35.5. The molecule has 0 amide bonds. The Bertz CT molecular complexity index is 419. The molecular formula is C12H11Cl5. The molecule has 0 spiro atoms. The van der Waals surface area contributed by atoms with Crippen molar-refractivity contribution in [3.8, 4) is 0 Å². The minimum Gasteiger partial charge on any atom is -0.121 e. The first-order valence-electron chi connectivity index (χ1n) is 5.25. The first kappa shape index (κ1) is 14.1. The summed E-state index contributed by atoms with van der Waals surface area (Å²) in [5, 5.41) is -1.67. The Hall–Kier alpha value is 0.670. The van der Waals surface area contributed by atoms with Gasteiger partial charge in [-0.15, -0.1) is 58.0 Å². The van der Waals surface area contributed by atoms with Crippen LogP contribution >= 0.6 is 58.0 Å². The second-order valence-corrected chi connectivity index (χ2v) is 6.94. The standard InChI is InChI=1S/C12H11Cl5/c1-6(13)12(17)8-5-3-2-4-7(8)9(14)10(15)11(12)16/h2-6,9-11H,1H3. The third kappa shape index (κ3) is 2.07. The van der Waals surface area contributed by atoms with Crippen molar-refractivity contribution in [3.63, 3.8) is 0 Å². The molecule has 94 valence electrons. The fourth-order valence-corrected chi connectivity index (χ4v) is 4.11. The topological polar surface area (TPSA) is 0 Å². The SMILES string of the molecule is CC(Cl)C1(Cl)c2ccccc2C(Cl)C(Cl)C1Cl. The van der Waals surface area contributed by atoms with Crippen molar-refractivity contribution in [2.75, 3.05) is 0 Å². The van der Waals surface area contributed by atoms with Crippen LogP contribution in [-0.2, 0) is 4.87 Å². The number of hydrogen-bond acceptors (Lipinski definition) is 0. The minimum atomic E-state index is -0.891. The largest absolute Gasteiger partial charge is 0.121 e. The molecular weight excluding hydrogens is 321 g/mol. The quantitative estimate of drug-likeness (QED) is 0.616. The van der Waals surface area contributed by atoms with Crippen LogP contribution in [0.15, 0.2) is 24.3 Å². The van der Waals surface area contributed by atoms with Gasteiger partial charge in [0.15, 0.2) is 0 Å². The van der Waals surface area contributed by atoms with E-state index in [0.29, 0.717) is 0 Å². The molecule has 5 heteroatoms. The molecule has 17 heavy (non-hydrogen) atoms. The fourth-order valence-electron chi connectivity index (χ4n) is 2.22. The molecule has 5 unspecified atom stereocenters. The van der Waals surface area contributed by atoms with Gasteiger partial charge in [0.1, 0.15) is 4.87 Å². The maximum Gasteiger partial charge on any atom is 0.104 e. The first-order chi connectivity index (χ1) is 7.90. The lowest BCUT2D eigenvalue weighted by atomic mass is 9.79. The van der Waals surface area contributed by atoms with E-state index in [0.717, 1.165) is 11.1 Å². The summed E-state index contributed by atoms with van der Waals surface area (Å²) in [6.07, 6.45) is 0. The Morgan fingerprint density at radius 2 is 1.76 bits per heavy atom. The average molecular weight is 332 g/mol. The second-order valence-electron chi connectivity index (χ2n) is 4.22. The first-order valence-corrected chi connectivity index (χ1v) is 7.37. The van der Waals surface area contributed by atoms with E-state index in [2.05, 4.69) is 0 Å². The highest BCUT2D eigenvalue weighted by molar-refractivity contribution is 6.42. The number of halogens is 5. The van der Waals surface area contributed by atoms with Crippen LogP contribution in [0.1, 0.15) is 23.4 Å². The van der Waals surface area contributed by atoms with Crippen LogP contribution in [0.2, 0.25) is 0 Å². The van der Waals surface area contributed by atoms with Crippen molar-refractivity contribution in [2.45, 2.75) is 33.3 Å². The zero-order valence-corrected chi connectivity index (χ0v) is 12.8. The van der Waals surface area contributed by atoms with E-state index in [1.807, 2.05) is 31.2 Å². The predicted molar refractivity (Wildman–Crippen MR) is 77.2 cm³/mol. The summed E-state index contributed by atoms with van der Waals surface area (Å²) >= 11 is 31.8. The lowest BCUT2D eigenvalue weighted by molar-refractivity contribution is 0.495. The molecule has 5 atom stereocenters. The van der Waals surface area contributed by atoms with Gasteiger partial charge in [0.25, 0.3) is 0 Å². The Kier molecular flexibility index (Phi) is 4.13. The molecule has 1 aromatic rings. The fraction of sp³-hybridized carbons (Fsp3) is 0.500. The number of alkyl halides is 5. The molecule has 0 saturated heterocycles. The molecule has 0 bridgehead atoms. The summed E-state index contributed by atoms with van der Waals surface area (Å²) in [4.78, 5) is -0.891. The maximum atomic E-state index is 6.64. The number of rotatable bonds is 1. The molecule has 0 radical (unpaired) electrons. The molecule has 0 saturated carbocycles. The van der Waals surface area contributed by atoms with Crippen LogP contribution in [0.5, 0.6) is 0 Å². The second kappa shape index (κ2) is 4.98. The van der Waals surface area contributed by atoms with Gasteiger partial charge in [-0.2, -0.15) is 0 Å². The van der Waals surface area contributed by atoms with Gasteiger partial charge < -0.3 is 0 Å². The lowest BCUT2D eigenvalue weighted by Gasteiger charge is -2.44. The van der Waals surface area contributed by atoms with E-state index >= 15 is 0 Å². The molecule has 1 aliphatic carbocycles. The Labute approximate surface area is 126 Å². The molecule has 1 aliphatic rings. The normalized spacial score (nSPS) is 38.6. The monoisotopic (exact) mass is 330 g/mol. The van der Waals surface area contributed by atoms with E-state index in [4.69, 9.17) is 58.0 Å². The lowest BCUT2D eigenvalue weighted by Crippen LogP contribution is -2.48. The van der Waals surface area contributed by atoms with Gasteiger partial charge in [0.2, 0.25) is 0 Å². The highest BCUT2D eigenvalue weighted by Gasteiger charge is 2.52. The minimum absolute atomic E-state index is 0.349. The Morgan fingerprint density at radius 1 is 1.18 bits per heavy atom. The van der Waals surface area contributed by atoms with Gasteiger partial charge in [0.05, 0.1) is 21.5 Å². The van der Waals surface area contributed by atoms with E-state index in [-0.39, 0.29) is 10.8 Å². The summed E-state index contributed by atoms with van der Waals surface area (Å²) in [7, 11) is 0. The van der Waals surface area contributed by atoms with Crippen molar-refractivity contribution < 1.29 is 0 Å². The maximum absolute atomic E-state index is 6.64. The van der Waals surface area contributed by atoms with Crippen LogP contribution in [0.3, 0.4) is 0 Å². The summed E-state index contributed by atoms with van der Waals surface area (Å²) in [6, 6.07) is 7.63. The number of hydrogen-bond donors (Lipinski definition) is 0. The van der Waals surface area contributed by atoms with Crippen molar-refractivity contribution in [1.29, 1.82) is 0 Å². The van der Waals surface area contributed by atoms with Crippen LogP contribution < -0.4 is 0 Å². The number of fused-ring (bicyclic) bond motifs is 1. The van der Waals surface area contributed by atoms with Crippen molar-refractivity contribution in [2.24, 2.45) is 0 Å². The van der Waals surface area contributed by atoms with Gasteiger partial charge in [0, 0.05) is 0 Å². The van der Waals surface area contributed by atoms with E-state index in [1.165, 1.54) is 0 Å². The third-order valence-electron chi connectivity index (χ3n) is 3.21. The molecule has 0 N–H and O–H groups in total. The van der Waals surface area contributed by atoms with E-state index < -0.39 is 15.6 Å². The van der Waals surface area contributed by atoms with Crippen molar-refractivity contribution in [1.82, 2.24) is 0 Å². The predicted octanol–water partition coefficient (Wildman–Crippen LogP) is 5.26. The van der Waals surface area contributed by atoms with Crippen molar-refractivity contribution >= 4 is 58.0 Å². The Morgan fingerprint density at radius 3 is 2.35 bits per heavy atom. The summed E-state index contributed by atoms with van der Waals surface area (Å²) in [5.74, 6) is 0. The molecule has 0 fully saturated rings. The van der Waals surface area contributed by atoms with Crippen molar-refractivity contribution in [3.05, 3.63) is 35.4 Å². The molecule has 0 aromatic heterocycles. The van der Waals surface area contributed by atoms with Crippen LogP contribution in [0.4, 0.5) is 0 Å².